The summed E-state index contributed by atoms with van der Waals surface area (Å²) in [5, 5.41) is 34.6. The number of carboxylic acids is 1. The maximum Gasteiger partial charge on any atom is 0.326 e. The number of aliphatic hydroxyl groups excluding tert-OH is 1. The van der Waals surface area contributed by atoms with Gasteiger partial charge in [-0.25, -0.2) is 4.79 Å². The van der Waals surface area contributed by atoms with Crippen LogP contribution in [0.2, 0.25) is 0 Å². The molecule has 0 radical (unpaired) electrons. The van der Waals surface area contributed by atoms with E-state index >= 15 is 0 Å². The van der Waals surface area contributed by atoms with Crippen LogP contribution in [-0.4, -0.2) is 149 Å². The number of hydrogen-bond acceptors (Lipinski definition) is 16. The fourth-order valence-corrected chi connectivity index (χ4v) is 12.0. The van der Waals surface area contributed by atoms with E-state index in [1.807, 2.05) is 0 Å². The Morgan fingerprint density at radius 2 is 0.773 bits per heavy atom. The van der Waals surface area contributed by atoms with Gasteiger partial charge >= 0.3 is 17.9 Å². The highest BCUT2D eigenvalue weighted by molar-refractivity contribution is 7.99. The summed E-state index contributed by atoms with van der Waals surface area (Å²) < 4.78 is 11.6. The van der Waals surface area contributed by atoms with Crippen LogP contribution in [0.25, 0.3) is 0 Å². The molecule has 0 aliphatic heterocycles. The predicted molar refractivity (Wildman–Crippen MR) is 382 cm³/mol. The van der Waals surface area contributed by atoms with Crippen molar-refractivity contribution in [2.75, 3.05) is 31.3 Å². The first kappa shape index (κ1) is 91.4. The van der Waals surface area contributed by atoms with Crippen LogP contribution in [0.15, 0.2) is 0 Å². The Kier molecular flexibility index (Phi) is 55.9. The van der Waals surface area contributed by atoms with Crippen molar-refractivity contribution in [2.45, 2.75) is 341 Å². The van der Waals surface area contributed by atoms with Crippen LogP contribution in [0.5, 0.6) is 0 Å². The summed E-state index contributed by atoms with van der Waals surface area (Å²) >= 11 is 1.12. The summed E-state index contributed by atoms with van der Waals surface area (Å²) in [6, 6.07) is -9.26. The molecule has 0 heterocycles. The molecule has 7 atom stereocenters. The normalized spacial score (nSPS) is 13.6. The number of rotatable bonds is 65. The maximum atomic E-state index is 14.4. The minimum absolute atomic E-state index is 0.0366. The summed E-state index contributed by atoms with van der Waals surface area (Å²) in [5.41, 5.74) is 16.4. The number of ether oxygens (including phenoxy) is 2. The Labute approximate surface area is 586 Å². The van der Waals surface area contributed by atoms with Crippen LogP contribution >= 0.6 is 11.8 Å². The van der Waals surface area contributed by atoms with Gasteiger partial charge in [0.05, 0.1) is 13.0 Å². The zero-order chi connectivity index (χ0) is 72.6. The molecule has 97 heavy (non-hydrogen) atoms. The summed E-state index contributed by atoms with van der Waals surface area (Å²) in [6.07, 6.45) is 31.0. The number of carbonyl (C=O) groups excluding carboxylic acids is 10. The topological polar surface area (TPSA) is 397 Å². The van der Waals surface area contributed by atoms with Gasteiger partial charge in [0.15, 0.2) is 0 Å². The third-order valence-electron chi connectivity index (χ3n) is 17.0. The predicted octanol–water partition coefficient (Wildman–Crippen LogP) is 9.29. The molecule has 0 rings (SSSR count). The van der Waals surface area contributed by atoms with Crippen molar-refractivity contribution in [3.63, 3.8) is 0 Å². The van der Waals surface area contributed by atoms with Crippen molar-refractivity contribution in [1.82, 2.24) is 31.9 Å². The number of amides is 8. The lowest BCUT2D eigenvalue weighted by molar-refractivity contribution is -0.157. The largest absolute Gasteiger partial charge is 0.480 e. The summed E-state index contributed by atoms with van der Waals surface area (Å²) in [7, 11) is 0. The molecule has 25 heteroatoms. The number of unbranched alkanes of at least 4 members (excludes halogenated alkanes) is 25. The van der Waals surface area contributed by atoms with E-state index in [0.29, 0.717) is 44.6 Å². The highest BCUT2D eigenvalue weighted by Gasteiger charge is 2.34. The van der Waals surface area contributed by atoms with Crippen molar-refractivity contribution >= 4 is 76.9 Å². The molecule has 2 unspecified atom stereocenters. The van der Waals surface area contributed by atoms with E-state index < -0.39 is 133 Å². The van der Waals surface area contributed by atoms with Gasteiger partial charge in [-0.05, 0) is 76.2 Å². The Morgan fingerprint density at radius 1 is 0.381 bits per heavy atom. The molecule has 0 bridgehead atoms. The van der Waals surface area contributed by atoms with Gasteiger partial charge < -0.3 is 68.8 Å². The highest BCUT2D eigenvalue weighted by atomic mass is 32.2. The van der Waals surface area contributed by atoms with Crippen LogP contribution in [-0.2, 0) is 62.2 Å². The van der Waals surface area contributed by atoms with Crippen molar-refractivity contribution in [3.8, 4) is 0 Å². The summed E-state index contributed by atoms with van der Waals surface area (Å²) in [4.78, 5) is 145. The van der Waals surface area contributed by atoms with Crippen molar-refractivity contribution in [1.29, 1.82) is 0 Å². The number of aliphatic carboxylic acids is 1. The second-order valence-electron chi connectivity index (χ2n) is 27.8. The standard InChI is InChI=1S/C72H133N9O15S/c1-52(2)37-29-23-17-11-8-14-20-26-32-41-64(85)77-61(51-97-50-56(96-66(87)43-34-28-22-16-10-13-19-25-31-39-54(5)6)49-95-65(86)42-33-27-21-15-9-12-18-24-30-38-53(3)4)71(92)80-59(47-63(75)84)69(90)81-60(48-82)70(91)78-57(44-45-62(74)83)68(89)76-55(7)67(88)79-58(72(93)94)40-35-36-46-73/h52-61,82H,8-51,73H2,1-7H3,(H2,74,83)(H2,75,84)(H,76,89)(H,77,85)(H,78,91)(H,79,88)(H,80,92)(H,81,90)(H,93,94)/t55-,56?,57-,58-,59-,60-,61?/m1/s1. The Morgan fingerprint density at radius 3 is 1.22 bits per heavy atom. The van der Waals surface area contributed by atoms with Crippen molar-refractivity contribution in [3.05, 3.63) is 0 Å². The number of carbonyl (C=O) groups is 11. The van der Waals surface area contributed by atoms with Crippen LogP contribution in [0.1, 0.15) is 299 Å². The Balaban J connectivity index is 6.46. The molecule has 0 aromatic heterocycles. The third kappa shape index (κ3) is 53.1. The van der Waals surface area contributed by atoms with Gasteiger partial charge in [0.25, 0.3) is 0 Å². The zero-order valence-corrected chi connectivity index (χ0v) is 61.5. The van der Waals surface area contributed by atoms with Crippen LogP contribution in [0.4, 0.5) is 0 Å². The quantitative estimate of drug-likeness (QED) is 0.0199. The zero-order valence-electron chi connectivity index (χ0n) is 60.7. The molecule has 0 saturated heterocycles. The fourth-order valence-electron chi connectivity index (χ4n) is 11.0. The molecule has 0 aromatic rings. The minimum Gasteiger partial charge on any atom is -0.480 e. The van der Waals surface area contributed by atoms with E-state index in [2.05, 4.69) is 73.4 Å². The first-order valence-electron chi connectivity index (χ1n) is 37.1. The van der Waals surface area contributed by atoms with E-state index in [-0.39, 0.29) is 43.8 Å². The van der Waals surface area contributed by atoms with Crippen molar-refractivity contribution < 1.29 is 72.4 Å². The smallest absolute Gasteiger partial charge is 0.326 e. The number of nitrogens with two attached hydrogens (primary N) is 3. The minimum atomic E-state index is -1.85. The molecule has 0 aliphatic carbocycles. The summed E-state index contributed by atoms with van der Waals surface area (Å²) in [6.45, 7) is 13.7. The number of carboxylic acid groups (broad SMARTS) is 1. The lowest BCUT2D eigenvalue weighted by Crippen LogP contribution is -2.60. The monoisotopic (exact) mass is 1400 g/mol. The summed E-state index contributed by atoms with van der Waals surface area (Å²) in [5.74, 6) is -7.75. The Hall–Kier alpha value is -5.56. The molecule has 14 N–H and O–H groups in total. The maximum absolute atomic E-state index is 14.4. The van der Waals surface area contributed by atoms with E-state index in [0.717, 1.165) is 107 Å². The van der Waals surface area contributed by atoms with Gasteiger partial charge in [-0.2, -0.15) is 11.8 Å². The van der Waals surface area contributed by atoms with Crippen LogP contribution < -0.4 is 49.1 Å². The average molecular weight is 1400 g/mol. The lowest BCUT2D eigenvalue weighted by Gasteiger charge is -2.26. The van der Waals surface area contributed by atoms with E-state index in [1.165, 1.54) is 96.8 Å². The van der Waals surface area contributed by atoms with E-state index in [1.54, 1.807) is 0 Å². The molecule has 24 nitrogen and oxygen atoms in total. The van der Waals surface area contributed by atoms with Crippen LogP contribution in [0, 0.1) is 17.8 Å². The number of thioether (sulfide) groups is 1. The number of hydrogen-bond donors (Lipinski definition) is 11. The molecular weight excluding hydrogens is 1260 g/mol. The first-order chi connectivity index (χ1) is 46.3. The SMILES string of the molecule is CC(C)CCCCCCCCCCCC(=O)NC(CSCC(COC(=O)CCCCCCCCCCCC(C)C)OC(=O)CCCCCCCCCCCC(C)C)C(=O)N[C@H](CC(N)=O)C(=O)N[C@H](CO)C(=O)N[C@H](CCC(N)=O)C(=O)N[C@H](C)C(=O)N[C@H](CCCCN)C(=O)O. The molecule has 0 spiro atoms. The van der Waals surface area contributed by atoms with Crippen LogP contribution in [0.3, 0.4) is 0 Å². The average Bonchev–Trinajstić information content (AvgIpc) is 0.994. The molecule has 0 saturated carbocycles. The highest BCUT2D eigenvalue weighted by Crippen LogP contribution is 2.19. The molecule has 0 aliphatic rings. The van der Waals surface area contributed by atoms with Gasteiger partial charge in [0.1, 0.15) is 49.0 Å². The first-order valence-corrected chi connectivity index (χ1v) is 38.3. The Bertz CT molecular complexity index is 2210. The second kappa shape index (κ2) is 59.3. The fraction of sp³-hybridized carbons (Fsp3) is 0.847. The lowest BCUT2D eigenvalue weighted by atomic mass is 10.0. The molecule has 0 aromatic carbocycles. The number of primary amides is 2. The molecule has 0 fully saturated rings. The molecule has 8 amide bonds. The van der Waals surface area contributed by atoms with Gasteiger partial charge in [-0.15, -0.1) is 0 Å². The molecule has 562 valence electrons. The van der Waals surface area contributed by atoms with E-state index in [9.17, 15) is 63.0 Å². The number of nitrogens with one attached hydrogen (secondary N) is 6. The van der Waals surface area contributed by atoms with Gasteiger partial charge in [-0.3, -0.25) is 47.9 Å². The number of esters is 2. The van der Waals surface area contributed by atoms with Crippen molar-refractivity contribution in [2.24, 2.45) is 35.0 Å². The third-order valence-corrected chi connectivity index (χ3v) is 18.1. The van der Waals surface area contributed by atoms with Gasteiger partial charge in [0.2, 0.25) is 47.3 Å². The second-order valence-corrected chi connectivity index (χ2v) is 28.8. The number of aliphatic hydroxyl groups is 1. The van der Waals surface area contributed by atoms with E-state index in [4.69, 9.17) is 26.7 Å². The molecular formula is C72H133N9O15S. The van der Waals surface area contributed by atoms with Gasteiger partial charge in [0, 0.05) is 37.2 Å². The van der Waals surface area contributed by atoms with Gasteiger partial charge in [-0.1, -0.05) is 215 Å².